The van der Waals surface area contributed by atoms with Gasteiger partial charge in [0.1, 0.15) is 18.1 Å². The minimum Gasteiger partial charge on any atom is -0.491 e. The molecule has 2 aromatic rings. The molecule has 0 saturated carbocycles. The van der Waals surface area contributed by atoms with E-state index in [1.165, 1.54) is 0 Å². The number of carbonyl (C=O) groups is 1. The highest BCUT2D eigenvalue weighted by Crippen LogP contribution is 2.20. The number of amides is 1. The van der Waals surface area contributed by atoms with Crippen LogP contribution in [0, 0.1) is 6.92 Å². The fourth-order valence-electron chi connectivity index (χ4n) is 2.78. The van der Waals surface area contributed by atoms with Gasteiger partial charge in [-0.3, -0.25) is 9.79 Å². The lowest BCUT2D eigenvalue weighted by Crippen LogP contribution is -2.36. The highest BCUT2D eigenvalue weighted by Gasteiger charge is 2.07. The minimum absolute atomic E-state index is 0.147. The second-order valence-corrected chi connectivity index (χ2v) is 6.84. The van der Waals surface area contributed by atoms with E-state index in [2.05, 4.69) is 21.7 Å². The molecule has 4 N–H and O–H groups in total. The predicted molar refractivity (Wildman–Crippen MR) is 121 cm³/mol. The second kappa shape index (κ2) is 13.1. The highest BCUT2D eigenvalue weighted by atomic mass is 16.5. The highest BCUT2D eigenvalue weighted by molar-refractivity contribution is 5.79. The first-order chi connectivity index (χ1) is 15.0. The molecule has 0 spiro atoms. The number of benzene rings is 2. The molecule has 0 radical (unpaired) electrons. The average Bonchev–Trinajstić information content (AvgIpc) is 2.76. The largest absolute Gasteiger partial charge is 0.491 e. The summed E-state index contributed by atoms with van der Waals surface area (Å²) in [4.78, 5) is 15.2. The van der Waals surface area contributed by atoms with Crippen molar-refractivity contribution in [2.45, 2.75) is 26.9 Å². The number of nitrogens with two attached hydrogens (primary N) is 1. The number of ether oxygens (including phenoxy) is 3. The number of primary amides is 1. The third-order valence-electron chi connectivity index (χ3n) is 4.32. The Morgan fingerprint density at radius 2 is 1.87 bits per heavy atom. The first kappa shape index (κ1) is 24.0. The molecule has 0 bridgehead atoms. The van der Waals surface area contributed by atoms with Crippen LogP contribution in [0.5, 0.6) is 11.5 Å². The van der Waals surface area contributed by atoms with Crippen LogP contribution < -0.4 is 25.8 Å². The molecule has 2 rings (SSSR count). The second-order valence-electron chi connectivity index (χ2n) is 6.84. The summed E-state index contributed by atoms with van der Waals surface area (Å²) in [7, 11) is 1.72. The van der Waals surface area contributed by atoms with Crippen molar-refractivity contribution >= 4 is 11.9 Å². The van der Waals surface area contributed by atoms with Crippen molar-refractivity contribution in [3.05, 3.63) is 59.2 Å². The van der Waals surface area contributed by atoms with E-state index in [1.54, 1.807) is 13.1 Å². The van der Waals surface area contributed by atoms with Gasteiger partial charge in [0.15, 0.2) is 12.6 Å². The Labute approximate surface area is 183 Å². The van der Waals surface area contributed by atoms with Gasteiger partial charge >= 0.3 is 0 Å². The zero-order chi connectivity index (χ0) is 22.5. The summed E-state index contributed by atoms with van der Waals surface area (Å²) in [6.07, 6.45) is 0. The first-order valence-corrected chi connectivity index (χ1v) is 10.3. The van der Waals surface area contributed by atoms with Crippen LogP contribution in [0.1, 0.15) is 23.6 Å². The fourth-order valence-corrected chi connectivity index (χ4v) is 2.78. The molecule has 2 aromatic carbocycles. The smallest absolute Gasteiger partial charge is 0.255 e. The Balaban J connectivity index is 1.90. The van der Waals surface area contributed by atoms with Crippen molar-refractivity contribution < 1.29 is 19.0 Å². The molecule has 0 aromatic heterocycles. The summed E-state index contributed by atoms with van der Waals surface area (Å²) in [5.41, 5.74) is 8.28. The van der Waals surface area contributed by atoms with E-state index in [4.69, 9.17) is 19.9 Å². The Bertz CT molecular complexity index is 870. The van der Waals surface area contributed by atoms with E-state index < -0.39 is 5.91 Å². The van der Waals surface area contributed by atoms with E-state index in [9.17, 15) is 4.79 Å². The lowest BCUT2D eigenvalue weighted by Gasteiger charge is -2.16. The van der Waals surface area contributed by atoms with Gasteiger partial charge in [0, 0.05) is 32.3 Å². The van der Waals surface area contributed by atoms with E-state index in [0.717, 1.165) is 22.4 Å². The van der Waals surface area contributed by atoms with Gasteiger partial charge in [0.25, 0.3) is 5.91 Å². The van der Waals surface area contributed by atoms with Crippen molar-refractivity contribution in [1.29, 1.82) is 0 Å². The summed E-state index contributed by atoms with van der Waals surface area (Å²) in [6.45, 7) is 6.69. The molecule has 0 unspecified atom stereocenters. The van der Waals surface area contributed by atoms with Crippen LogP contribution in [0.25, 0.3) is 0 Å². The Hall–Kier alpha value is -3.26. The van der Waals surface area contributed by atoms with Gasteiger partial charge in [-0.05, 0) is 43.2 Å². The molecule has 1 amide bonds. The Morgan fingerprint density at radius 1 is 1.06 bits per heavy atom. The molecule has 0 fully saturated rings. The lowest BCUT2D eigenvalue weighted by atomic mass is 10.1. The number of aryl methyl sites for hydroxylation is 1. The van der Waals surface area contributed by atoms with Gasteiger partial charge in [0.05, 0.1) is 6.61 Å². The van der Waals surface area contributed by atoms with Crippen LogP contribution in [-0.4, -0.2) is 45.3 Å². The van der Waals surface area contributed by atoms with E-state index in [1.807, 2.05) is 44.2 Å². The van der Waals surface area contributed by atoms with Crippen molar-refractivity contribution in [2.75, 3.05) is 33.5 Å². The summed E-state index contributed by atoms with van der Waals surface area (Å²) in [5, 5.41) is 6.58. The standard InChI is InChI=1S/C23H32N4O4/c1-4-29-10-11-30-21-12-17(2)8-9-19(21)15-27-23(25-3)26-14-18-6-5-7-20(13-18)31-16-22(24)28/h5-9,12-13H,4,10-11,14-16H2,1-3H3,(H2,24,28)(H2,25,26,27). The minimum atomic E-state index is -0.509. The zero-order valence-corrected chi connectivity index (χ0v) is 18.4. The molecule has 0 atom stereocenters. The molecular formula is C23H32N4O4. The normalized spacial score (nSPS) is 11.1. The van der Waals surface area contributed by atoms with Gasteiger partial charge in [-0.15, -0.1) is 0 Å². The molecular weight excluding hydrogens is 396 g/mol. The molecule has 8 nitrogen and oxygen atoms in total. The van der Waals surface area contributed by atoms with Gasteiger partial charge in [0.2, 0.25) is 0 Å². The Kier molecular flexibility index (Phi) is 10.2. The summed E-state index contributed by atoms with van der Waals surface area (Å²) in [5.74, 6) is 1.58. The monoisotopic (exact) mass is 428 g/mol. The fraction of sp³-hybridized carbons (Fsp3) is 0.391. The number of carbonyl (C=O) groups excluding carboxylic acids is 1. The summed E-state index contributed by atoms with van der Waals surface area (Å²) >= 11 is 0. The van der Waals surface area contributed by atoms with Crippen LogP contribution >= 0.6 is 0 Å². The van der Waals surface area contributed by atoms with E-state index in [-0.39, 0.29) is 6.61 Å². The van der Waals surface area contributed by atoms with Crippen molar-refractivity contribution in [1.82, 2.24) is 10.6 Å². The lowest BCUT2D eigenvalue weighted by molar-refractivity contribution is -0.119. The number of hydrogen-bond donors (Lipinski definition) is 3. The maximum absolute atomic E-state index is 10.9. The van der Waals surface area contributed by atoms with Crippen LogP contribution in [0.3, 0.4) is 0 Å². The van der Waals surface area contributed by atoms with Crippen LogP contribution in [0.2, 0.25) is 0 Å². The summed E-state index contributed by atoms with van der Waals surface area (Å²) < 4.78 is 16.6. The molecule has 168 valence electrons. The molecule has 0 heterocycles. The SMILES string of the molecule is CCOCCOc1cc(C)ccc1CNC(=NC)NCc1cccc(OCC(N)=O)c1. The van der Waals surface area contributed by atoms with Gasteiger partial charge in [-0.1, -0.05) is 24.3 Å². The number of guanidine groups is 1. The number of hydrogen-bond acceptors (Lipinski definition) is 5. The topological polar surface area (TPSA) is 107 Å². The number of nitrogens with zero attached hydrogens (tertiary/aromatic N) is 1. The van der Waals surface area contributed by atoms with Crippen LogP contribution in [0.15, 0.2) is 47.5 Å². The number of rotatable bonds is 12. The molecule has 0 saturated heterocycles. The van der Waals surface area contributed by atoms with Gasteiger partial charge < -0.3 is 30.6 Å². The third-order valence-corrected chi connectivity index (χ3v) is 4.32. The molecule has 31 heavy (non-hydrogen) atoms. The van der Waals surface area contributed by atoms with Crippen molar-refractivity contribution in [2.24, 2.45) is 10.7 Å². The van der Waals surface area contributed by atoms with E-state index >= 15 is 0 Å². The summed E-state index contributed by atoms with van der Waals surface area (Å²) in [6, 6.07) is 13.6. The maximum atomic E-state index is 10.9. The zero-order valence-electron chi connectivity index (χ0n) is 18.4. The van der Waals surface area contributed by atoms with E-state index in [0.29, 0.717) is 44.6 Å². The van der Waals surface area contributed by atoms with Gasteiger partial charge in [-0.25, -0.2) is 0 Å². The third kappa shape index (κ3) is 8.96. The maximum Gasteiger partial charge on any atom is 0.255 e. The molecule has 8 heteroatoms. The average molecular weight is 429 g/mol. The van der Waals surface area contributed by atoms with Crippen molar-refractivity contribution in [3.8, 4) is 11.5 Å². The van der Waals surface area contributed by atoms with Gasteiger partial charge in [-0.2, -0.15) is 0 Å². The predicted octanol–water partition coefficient (Wildman–Crippen LogP) is 2.14. The number of aliphatic imine (C=N–C) groups is 1. The van der Waals surface area contributed by atoms with Crippen LogP contribution in [-0.2, 0) is 22.6 Å². The van der Waals surface area contributed by atoms with Crippen LogP contribution in [0.4, 0.5) is 0 Å². The quantitative estimate of drug-likeness (QED) is 0.272. The molecule has 0 aliphatic rings. The first-order valence-electron chi connectivity index (χ1n) is 10.3. The molecule has 0 aliphatic carbocycles. The Morgan fingerprint density at radius 3 is 2.61 bits per heavy atom. The van der Waals surface area contributed by atoms with Crippen molar-refractivity contribution in [3.63, 3.8) is 0 Å². The molecule has 0 aliphatic heterocycles. The number of nitrogens with one attached hydrogen (secondary N) is 2.